The van der Waals surface area contributed by atoms with Crippen LogP contribution in [0.5, 0.6) is 0 Å². The number of esters is 1. The number of rotatable bonds is 8. The summed E-state index contributed by atoms with van der Waals surface area (Å²) < 4.78 is 14.4. The number of fused-ring (bicyclic) bond motifs is 8. The predicted molar refractivity (Wildman–Crippen MR) is 264 cm³/mol. The largest absolute Gasteiger partial charge is 0.464 e. The Morgan fingerprint density at radius 2 is 1.87 bits per heavy atom. The fourth-order valence-corrected chi connectivity index (χ4v) is 14.3. The number of aromatic nitrogens is 3. The van der Waals surface area contributed by atoms with Gasteiger partial charge in [-0.25, -0.2) is 15.2 Å². The highest BCUT2D eigenvalue weighted by molar-refractivity contribution is 8.08. The molecule has 1 saturated carbocycles. The first-order chi connectivity index (χ1) is 31.9. The van der Waals surface area contributed by atoms with Crippen LogP contribution in [0.4, 0.5) is 4.79 Å². The van der Waals surface area contributed by atoms with Gasteiger partial charge in [0.1, 0.15) is 6.04 Å². The summed E-state index contributed by atoms with van der Waals surface area (Å²) in [7, 11) is 5.53. The minimum atomic E-state index is -1.13. The van der Waals surface area contributed by atoms with E-state index in [-0.39, 0.29) is 65.4 Å². The minimum absolute atomic E-state index is 0.0181. The summed E-state index contributed by atoms with van der Waals surface area (Å²) in [5.74, 6) is -1.53. The van der Waals surface area contributed by atoms with Crippen molar-refractivity contribution < 1.29 is 28.7 Å². The molecule has 16 heteroatoms. The van der Waals surface area contributed by atoms with Crippen LogP contribution >= 0.6 is 23.1 Å². The highest BCUT2D eigenvalue weighted by Crippen LogP contribution is 2.73. The standard InChI is InChI=1S/C51H68N8O6S2/c1-12-57-38-18-17-32-21-34(38)35(43(57)33-15-13-19-52-41(33)31(6)64-11)22-50(7,8)27-65-47(61)36-16-14-20-59(54-36)48(62)51(23-39-53-37(32)26-66-39)40(45-46(51)67-45)44(60)42(28(2)3)56(10)49(63)58-25-29(4)55(9)24-30(58)5/h13,15,17-19,21,26,28-31,36,40,42,45-46,54H,12,14,16,20,22-25,27H2,1-11H3/t29-,30-,31-,36-,40?,42-,45?,46?,51?/m0/s1. The molecule has 1 aromatic carbocycles. The van der Waals surface area contributed by atoms with Gasteiger partial charge in [-0.1, -0.05) is 33.8 Å². The van der Waals surface area contributed by atoms with E-state index < -0.39 is 34.8 Å². The van der Waals surface area contributed by atoms with Crippen LogP contribution in [0.1, 0.15) is 90.6 Å². The van der Waals surface area contributed by atoms with Crippen LogP contribution < -0.4 is 5.43 Å². The zero-order valence-corrected chi connectivity index (χ0v) is 42.6. The van der Waals surface area contributed by atoms with E-state index in [0.29, 0.717) is 38.9 Å². The number of carbonyl (C=O) groups is 4. The van der Waals surface area contributed by atoms with E-state index in [1.54, 1.807) is 35.8 Å². The van der Waals surface area contributed by atoms with Gasteiger partial charge in [0.2, 0.25) is 5.91 Å². The number of thiazole rings is 1. The number of thioether (sulfide) groups is 1. The second-order valence-electron chi connectivity index (χ2n) is 21.0. The minimum Gasteiger partial charge on any atom is -0.464 e. The lowest BCUT2D eigenvalue weighted by atomic mass is 9.55. The fourth-order valence-electron chi connectivity index (χ4n) is 11.6. The number of amides is 3. The number of cyclic esters (lactones) is 1. The maximum atomic E-state index is 15.5. The summed E-state index contributed by atoms with van der Waals surface area (Å²) in [6.07, 6.45) is 3.55. The van der Waals surface area contributed by atoms with Gasteiger partial charge in [0.15, 0.2) is 5.78 Å². The first-order valence-corrected chi connectivity index (χ1v) is 26.0. The maximum Gasteiger partial charge on any atom is 0.324 e. The lowest BCUT2D eigenvalue weighted by Crippen LogP contribution is -2.69. The van der Waals surface area contributed by atoms with Gasteiger partial charge in [-0.15, -0.1) is 11.3 Å². The van der Waals surface area contributed by atoms with Gasteiger partial charge in [0, 0.05) is 114 Å². The van der Waals surface area contributed by atoms with Crippen molar-refractivity contribution in [1.82, 2.24) is 39.7 Å². The van der Waals surface area contributed by atoms with E-state index in [9.17, 15) is 9.59 Å². The van der Waals surface area contributed by atoms with Gasteiger partial charge in [-0.2, -0.15) is 11.8 Å². The number of benzene rings is 1. The van der Waals surface area contributed by atoms with E-state index in [0.717, 1.165) is 56.2 Å². The third kappa shape index (κ3) is 8.29. The third-order valence-corrected chi connectivity index (χ3v) is 17.8. The molecule has 4 fully saturated rings. The number of pyridine rings is 1. The van der Waals surface area contributed by atoms with Crippen LogP contribution in [0.25, 0.3) is 33.4 Å². The van der Waals surface area contributed by atoms with Crippen molar-refractivity contribution >= 4 is 57.7 Å². The van der Waals surface area contributed by atoms with Crippen LogP contribution in [0.2, 0.25) is 0 Å². The van der Waals surface area contributed by atoms with E-state index in [1.807, 2.05) is 37.9 Å². The number of hydrazine groups is 1. The lowest BCUT2D eigenvalue weighted by Gasteiger charge is -2.50. The zero-order valence-electron chi connectivity index (χ0n) is 41.0. The van der Waals surface area contributed by atoms with Crippen molar-refractivity contribution in [3.8, 4) is 22.5 Å². The summed E-state index contributed by atoms with van der Waals surface area (Å²) in [4.78, 5) is 75.4. The van der Waals surface area contributed by atoms with E-state index in [4.69, 9.17) is 19.4 Å². The van der Waals surface area contributed by atoms with Gasteiger partial charge in [-0.05, 0) is 89.8 Å². The lowest BCUT2D eigenvalue weighted by molar-refractivity contribution is -0.165. The Morgan fingerprint density at radius 1 is 1.09 bits per heavy atom. The SMILES string of the molecule is CCn1c(-c2cccnc2[C@H](C)OC)c2c3cc(ccc31)-c1csc(n1)CC1(C(=O)N3CCC[C@H](N3)C(=O)OCC(C)(C)C2)C2SC2C1C(=O)[C@H](C(C)C)N(C)C(=O)N1C[C@H](C)N(C)C[C@@H]1C. The number of aryl methyl sites for hydroxylation is 1. The molecule has 1 aliphatic carbocycles. The number of Topliss-reactive ketones (excluding diaryl/α,β-unsaturated/α-hetero) is 1. The number of carbonyl (C=O) groups excluding carboxylic acids is 4. The van der Waals surface area contributed by atoms with Crippen LogP contribution in [0.3, 0.4) is 0 Å². The van der Waals surface area contributed by atoms with E-state index >= 15 is 9.59 Å². The molecule has 0 radical (unpaired) electrons. The molecule has 67 heavy (non-hydrogen) atoms. The summed E-state index contributed by atoms with van der Waals surface area (Å²) in [5, 5.41) is 5.39. The monoisotopic (exact) mass is 952 g/mol. The molecule has 6 bridgehead atoms. The molecule has 3 amide bonds. The number of urea groups is 1. The second kappa shape index (κ2) is 18.2. The number of nitrogens with one attached hydrogen (secondary N) is 1. The van der Waals surface area contributed by atoms with Gasteiger partial charge in [0.25, 0.3) is 0 Å². The Balaban J connectivity index is 1.14. The smallest absolute Gasteiger partial charge is 0.324 e. The van der Waals surface area contributed by atoms with Crippen LogP contribution in [-0.2, 0) is 43.2 Å². The topological polar surface area (TPSA) is 142 Å². The second-order valence-corrected chi connectivity index (χ2v) is 23.2. The first-order valence-electron chi connectivity index (χ1n) is 24.2. The zero-order chi connectivity index (χ0) is 47.9. The number of nitrogens with zero attached hydrogens (tertiary/aromatic N) is 7. The number of methoxy groups -OCH3 is 1. The molecule has 7 heterocycles. The van der Waals surface area contributed by atoms with Crippen LogP contribution in [-0.4, -0.2) is 140 Å². The van der Waals surface area contributed by atoms with Crippen molar-refractivity contribution in [1.29, 1.82) is 0 Å². The molecule has 1 N–H and O–H groups in total. The quantitative estimate of drug-likeness (QED) is 0.139. The van der Waals surface area contributed by atoms with Crippen molar-refractivity contribution in [3.05, 3.63) is 58.2 Å². The molecule has 360 valence electrons. The third-order valence-electron chi connectivity index (χ3n) is 15.4. The molecular weight excluding hydrogens is 885 g/mol. The molecule has 9 rings (SSSR count). The normalized spacial score (nSPS) is 28.4. The molecule has 9 atom stereocenters. The van der Waals surface area contributed by atoms with Crippen molar-refractivity contribution in [3.63, 3.8) is 0 Å². The first kappa shape index (κ1) is 47.7. The Morgan fingerprint density at radius 3 is 2.60 bits per heavy atom. The molecule has 3 saturated heterocycles. The van der Waals surface area contributed by atoms with Crippen molar-refractivity contribution in [2.24, 2.45) is 22.7 Å². The van der Waals surface area contributed by atoms with E-state index in [2.05, 4.69) is 86.2 Å². The molecule has 1 spiro atoms. The summed E-state index contributed by atoms with van der Waals surface area (Å²) >= 11 is 3.20. The average molecular weight is 953 g/mol. The summed E-state index contributed by atoms with van der Waals surface area (Å²) in [6.45, 7) is 19.2. The Hall–Kier alpha value is -4.35. The molecule has 4 aromatic rings. The summed E-state index contributed by atoms with van der Waals surface area (Å²) in [6, 6.07) is 9.13. The van der Waals surface area contributed by atoms with Crippen LogP contribution in [0.15, 0.2) is 41.9 Å². The van der Waals surface area contributed by atoms with E-state index in [1.165, 1.54) is 11.3 Å². The molecule has 3 aromatic heterocycles. The fraction of sp³-hybridized carbons (Fsp3) is 0.608. The van der Waals surface area contributed by atoms with Crippen LogP contribution in [0, 0.1) is 22.7 Å². The number of ketones is 1. The van der Waals surface area contributed by atoms with Crippen molar-refractivity contribution in [2.75, 3.05) is 47.4 Å². The number of piperazine rings is 1. The predicted octanol–water partition coefficient (Wildman–Crippen LogP) is 7.49. The van der Waals surface area contributed by atoms with Gasteiger partial charge in [-0.3, -0.25) is 29.3 Å². The number of hydrogen-bond acceptors (Lipinski definition) is 12. The Bertz CT molecular complexity index is 2580. The number of ether oxygens (including phenoxy) is 2. The Kier molecular flexibility index (Phi) is 13.0. The summed E-state index contributed by atoms with van der Waals surface area (Å²) in [5.41, 5.74) is 8.58. The molecular formula is C51H68N8O6S2. The van der Waals surface area contributed by atoms with Crippen molar-refractivity contribution in [2.45, 2.75) is 128 Å². The molecule has 4 unspecified atom stereocenters. The number of hydrogen-bond donors (Lipinski definition) is 1. The molecule has 5 aliphatic rings. The molecule has 4 aliphatic heterocycles. The molecule has 14 nitrogen and oxygen atoms in total. The van der Waals surface area contributed by atoms with Gasteiger partial charge < -0.3 is 23.8 Å². The Labute approximate surface area is 403 Å². The average Bonchev–Trinajstić information content (AvgIpc) is 3.70. The maximum absolute atomic E-state index is 15.5. The van der Waals surface area contributed by atoms with Gasteiger partial charge in [0.05, 0.1) is 46.3 Å². The highest BCUT2D eigenvalue weighted by atomic mass is 32.2. The van der Waals surface area contributed by atoms with Gasteiger partial charge >= 0.3 is 12.0 Å². The number of likely N-dealkylation sites (N-methyl/N-ethyl adjacent to an activating group) is 2. The highest BCUT2D eigenvalue weighted by Gasteiger charge is 2.79.